The Labute approximate surface area is 182 Å². The average Bonchev–Trinajstić information content (AvgIpc) is 3.20. The van der Waals surface area contributed by atoms with Gasteiger partial charge >= 0.3 is 0 Å². The zero-order chi connectivity index (χ0) is 20.1. The zero-order valence-corrected chi connectivity index (χ0v) is 17.7. The molecular formula is C27H17BrN2. The summed E-state index contributed by atoms with van der Waals surface area (Å²) < 4.78 is 3.32. The molecule has 0 amide bonds. The van der Waals surface area contributed by atoms with E-state index in [4.69, 9.17) is 4.98 Å². The summed E-state index contributed by atoms with van der Waals surface area (Å²) in [5, 5.41) is 4.93. The van der Waals surface area contributed by atoms with Gasteiger partial charge in [0.05, 0.1) is 11.0 Å². The second-order valence-corrected chi connectivity index (χ2v) is 8.34. The molecule has 0 aliphatic rings. The van der Waals surface area contributed by atoms with Gasteiger partial charge in [-0.2, -0.15) is 0 Å². The van der Waals surface area contributed by atoms with Crippen molar-refractivity contribution >= 4 is 48.5 Å². The van der Waals surface area contributed by atoms with Crippen LogP contribution in [0.2, 0.25) is 0 Å². The highest BCUT2D eigenvalue weighted by Gasteiger charge is 2.17. The van der Waals surface area contributed by atoms with Gasteiger partial charge in [-0.1, -0.05) is 88.7 Å². The quantitative estimate of drug-likeness (QED) is 0.247. The van der Waals surface area contributed by atoms with Gasteiger partial charge in [-0.3, -0.25) is 4.57 Å². The van der Waals surface area contributed by atoms with Crippen molar-refractivity contribution < 1.29 is 0 Å². The third-order valence-electron chi connectivity index (χ3n) is 5.66. The van der Waals surface area contributed by atoms with Crippen molar-refractivity contribution in [3.63, 3.8) is 0 Å². The Kier molecular flexibility index (Phi) is 3.96. The Balaban J connectivity index is 1.74. The molecule has 0 spiro atoms. The van der Waals surface area contributed by atoms with Crippen LogP contribution in [0.4, 0.5) is 0 Å². The lowest BCUT2D eigenvalue weighted by molar-refractivity contribution is 1.10. The molecule has 0 fully saturated rings. The number of para-hydroxylation sites is 1. The molecule has 0 N–H and O–H groups in total. The molecule has 0 aliphatic carbocycles. The van der Waals surface area contributed by atoms with E-state index in [2.05, 4.69) is 118 Å². The third-order valence-corrected chi connectivity index (χ3v) is 6.19. The van der Waals surface area contributed by atoms with E-state index in [1.807, 2.05) is 6.07 Å². The summed E-state index contributed by atoms with van der Waals surface area (Å²) in [6, 6.07) is 36.2. The van der Waals surface area contributed by atoms with E-state index in [-0.39, 0.29) is 0 Å². The molecule has 6 rings (SSSR count). The summed E-state index contributed by atoms with van der Waals surface area (Å²) in [4.78, 5) is 5.17. The minimum Gasteiger partial charge on any atom is -0.292 e. The maximum absolute atomic E-state index is 5.17. The molecule has 142 valence electrons. The van der Waals surface area contributed by atoms with Gasteiger partial charge in [0, 0.05) is 21.1 Å². The van der Waals surface area contributed by atoms with E-state index in [1.165, 1.54) is 21.5 Å². The fourth-order valence-corrected chi connectivity index (χ4v) is 4.52. The number of rotatable bonds is 2. The molecule has 1 aromatic heterocycles. The van der Waals surface area contributed by atoms with Gasteiger partial charge in [-0.15, -0.1) is 0 Å². The van der Waals surface area contributed by atoms with Crippen molar-refractivity contribution in [2.24, 2.45) is 0 Å². The SMILES string of the molecule is Brc1ccc(-c2nc3c4ccc5ccccc5c4ccc3n2-c2ccccc2)cc1. The maximum Gasteiger partial charge on any atom is 0.145 e. The fraction of sp³-hybridized carbons (Fsp3) is 0. The van der Waals surface area contributed by atoms with Crippen molar-refractivity contribution in [3.8, 4) is 17.1 Å². The fourth-order valence-electron chi connectivity index (χ4n) is 4.26. The summed E-state index contributed by atoms with van der Waals surface area (Å²) in [6.45, 7) is 0. The third kappa shape index (κ3) is 2.66. The molecule has 3 heteroatoms. The van der Waals surface area contributed by atoms with E-state index in [0.29, 0.717) is 0 Å². The Morgan fingerprint density at radius 1 is 0.600 bits per heavy atom. The smallest absolute Gasteiger partial charge is 0.145 e. The van der Waals surface area contributed by atoms with Gasteiger partial charge in [-0.25, -0.2) is 4.98 Å². The van der Waals surface area contributed by atoms with Crippen molar-refractivity contribution in [3.05, 3.63) is 108 Å². The highest BCUT2D eigenvalue weighted by molar-refractivity contribution is 9.10. The van der Waals surface area contributed by atoms with E-state index >= 15 is 0 Å². The van der Waals surface area contributed by atoms with Crippen LogP contribution >= 0.6 is 15.9 Å². The molecule has 1 heterocycles. The molecule has 0 bridgehead atoms. The predicted octanol–water partition coefficient (Wildman–Crippen LogP) is 7.76. The lowest BCUT2D eigenvalue weighted by Crippen LogP contribution is -1.97. The van der Waals surface area contributed by atoms with Gasteiger partial charge in [0.15, 0.2) is 0 Å². The number of nitrogens with zero attached hydrogens (tertiary/aromatic N) is 2. The van der Waals surface area contributed by atoms with Crippen molar-refractivity contribution in [2.45, 2.75) is 0 Å². The zero-order valence-electron chi connectivity index (χ0n) is 16.1. The van der Waals surface area contributed by atoms with Gasteiger partial charge < -0.3 is 0 Å². The van der Waals surface area contributed by atoms with E-state index in [9.17, 15) is 0 Å². The van der Waals surface area contributed by atoms with Crippen LogP contribution in [-0.4, -0.2) is 9.55 Å². The lowest BCUT2D eigenvalue weighted by atomic mass is 10.0. The summed E-state index contributed by atoms with van der Waals surface area (Å²) in [5.41, 5.74) is 4.34. The maximum atomic E-state index is 5.17. The van der Waals surface area contributed by atoms with Gasteiger partial charge in [-0.05, 0) is 46.5 Å². The van der Waals surface area contributed by atoms with Crippen LogP contribution in [0, 0.1) is 0 Å². The number of fused-ring (bicyclic) bond motifs is 5. The lowest BCUT2D eigenvalue weighted by Gasteiger charge is -2.10. The van der Waals surface area contributed by atoms with Crippen LogP contribution in [0.5, 0.6) is 0 Å². The van der Waals surface area contributed by atoms with Crippen LogP contribution < -0.4 is 0 Å². The topological polar surface area (TPSA) is 17.8 Å². The molecule has 30 heavy (non-hydrogen) atoms. The Bertz CT molecular complexity index is 1530. The number of hydrogen-bond donors (Lipinski definition) is 0. The van der Waals surface area contributed by atoms with Gasteiger partial charge in [0.1, 0.15) is 5.82 Å². The Morgan fingerprint density at radius 3 is 2.17 bits per heavy atom. The van der Waals surface area contributed by atoms with E-state index in [1.54, 1.807) is 0 Å². The molecule has 6 aromatic rings. The monoisotopic (exact) mass is 448 g/mol. The van der Waals surface area contributed by atoms with Crippen LogP contribution in [0.25, 0.3) is 49.7 Å². The van der Waals surface area contributed by atoms with E-state index < -0.39 is 0 Å². The summed E-state index contributed by atoms with van der Waals surface area (Å²) in [6.07, 6.45) is 0. The first-order chi connectivity index (χ1) is 14.8. The standard InChI is InChI=1S/C27H17BrN2/c28-20-13-10-19(11-14-20)27-29-26-24-15-12-18-6-4-5-9-22(18)23(24)16-17-25(26)30(27)21-7-2-1-3-8-21/h1-17H. The summed E-state index contributed by atoms with van der Waals surface area (Å²) in [5.74, 6) is 0.948. The summed E-state index contributed by atoms with van der Waals surface area (Å²) >= 11 is 3.54. The average molecular weight is 449 g/mol. The first-order valence-corrected chi connectivity index (χ1v) is 10.7. The van der Waals surface area contributed by atoms with Gasteiger partial charge in [0.2, 0.25) is 0 Å². The molecular weight excluding hydrogens is 432 g/mol. The largest absolute Gasteiger partial charge is 0.292 e. The Morgan fingerprint density at radius 2 is 1.33 bits per heavy atom. The predicted molar refractivity (Wildman–Crippen MR) is 129 cm³/mol. The highest BCUT2D eigenvalue weighted by Crippen LogP contribution is 2.35. The van der Waals surface area contributed by atoms with Crippen LogP contribution in [0.3, 0.4) is 0 Å². The minimum atomic E-state index is 0.948. The normalized spacial score (nSPS) is 11.5. The summed E-state index contributed by atoms with van der Waals surface area (Å²) in [7, 11) is 0. The van der Waals surface area contributed by atoms with Crippen LogP contribution in [0.15, 0.2) is 108 Å². The molecule has 0 atom stereocenters. The molecule has 0 saturated carbocycles. The number of imidazole rings is 1. The second-order valence-electron chi connectivity index (χ2n) is 7.43. The van der Waals surface area contributed by atoms with Crippen molar-refractivity contribution in [2.75, 3.05) is 0 Å². The van der Waals surface area contributed by atoms with Gasteiger partial charge in [0.25, 0.3) is 0 Å². The minimum absolute atomic E-state index is 0.948. The number of benzene rings is 5. The number of hydrogen-bond acceptors (Lipinski definition) is 1. The molecule has 5 aromatic carbocycles. The van der Waals surface area contributed by atoms with Crippen molar-refractivity contribution in [1.29, 1.82) is 0 Å². The first kappa shape index (κ1) is 17.4. The number of halogens is 1. The second kappa shape index (κ2) is 6.82. The molecule has 0 unspecified atom stereocenters. The first-order valence-electron chi connectivity index (χ1n) is 9.94. The van der Waals surface area contributed by atoms with Crippen molar-refractivity contribution in [1.82, 2.24) is 9.55 Å². The number of aromatic nitrogens is 2. The molecule has 2 nitrogen and oxygen atoms in total. The Hall–Kier alpha value is -3.43. The molecule has 0 saturated heterocycles. The van der Waals surface area contributed by atoms with E-state index in [0.717, 1.165) is 32.6 Å². The molecule has 0 radical (unpaired) electrons. The van der Waals surface area contributed by atoms with Crippen LogP contribution in [0.1, 0.15) is 0 Å². The van der Waals surface area contributed by atoms with Crippen LogP contribution in [-0.2, 0) is 0 Å². The highest BCUT2D eigenvalue weighted by atomic mass is 79.9. The molecule has 0 aliphatic heterocycles.